The summed E-state index contributed by atoms with van der Waals surface area (Å²) in [6, 6.07) is 87.0. The highest BCUT2D eigenvalue weighted by Crippen LogP contribution is 2.64. The third-order valence-electron chi connectivity index (χ3n) is 14.3. The van der Waals surface area contributed by atoms with Gasteiger partial charge in [0.1, 0.15) is 11.2 Å². The minimum absolute atomic E-state index is 0.440. The molecule has 0 fully saturated rings. The van der Waals surface area contributed by atoms with Crippen LogP contribution in [0.1, 0.15) is 22.3 Å². The van der Waals surface area contributed by atoms with Crippen LogP contribution in [0, 0.1) is 0 Å². The number of fused-ring (bicyclic) bond motifs is 16. The lowest BCUT2D eigenvalue weighted by atomic mass is 9.70. The molecule has 0 saturated heterocycles. The lowest BCUT2D eigenvalue weighted by Gasteiger charge is -2.32. The Balaban J connectivity index is 0.961. The van der Waals surface area contributed by atoms with E-state index >= 15 is 0 Å². The average molecular weight is 826 g/mol. The van der Waals surface area contributed by atoms with Crippen LogP contribution in [0.2, 0.25) is 0 Å². The van der Waals surface area contributed by atoms with Gasteiger partial charge < -0.3 is 9.32 Å². The predicted octanol–water partition coefficient (Wildman–Crippen LogP) is 17.0. The molecule has 0 saturated carbocycles. The van der Waals surface area contributed by atoms with Crippen molar-refractivity contribution in [3.05, 3.63) is 259 Å². The van der Waals surface area contributed by atoms with E-state index in [1.807, 2.05) is 0 Å². The smallest absolute Gasteiger partial charge is 0.143 e. The van der Waals surface area contributed by atoms with Gasteiger partial charge in [0.15, 0.2) is 0 Å². The van der Waals surface area contributed by atoms with Crippen LogP contribution in [0.3, 0.4) is 0 Å². The van der Waals surface area contributed by atoms with E-state index in [9.17, 15) is 0 Å². The fourth-order valence-corrected chi connectivity index (χ4v) is 11.5. The highest BCUT2D eigenvalue weighted by atomic mass is 16.3. The Labute approximate surface area is 376 Å². The number of hydrogen-bond donors (Lipinski definition) is 0. The molecule has 1 spiro atoms. The van der Waals surface area contributed by atoms with Gasteiger partial charge in [-0.25, -0.2) is 0 Å². The lowest BCUT2D eigenvalue weighted by molar-refractivity contribution is 0.670. The van der Waals surface area contributed by atoms with Gasteiger partial charge in [0.2, 0.25) is 0 Å². The monoisotopic (exact) mass is 825 g/mol. The maximum atomic E-state index is 6.56. The summed E-state index contributed by atoms with van der Waals surface area (Å²) < 4.78 is 6.56. The summed E-state index contributed by atoms with van der Waals surface area (Å²) in [5.74, 6) is 0. The molecule has 2 heteroatoms. The minimum Gasteiger partial charge on any atom is -0.455 e. The van der Waals surface area contributed by atoms with E-state index in [0.29, 0.717) is 0 Å². The Hall–Kier alpha value is -8.46. The molecule has 12 aromatic rings. The van der Waals surface area contributed by atoms with Crippen LogP contribution < -0.4 is 4.90 Å². The third kappa shape index (κ3) is 5.11. The predicted molar refractivity (Wildman–Crippen MR) is 271 cm³/mol. The first-order chi connectivity index (χ1) is 32.2. The van der Waals surface area contributed by atoms with Crippen LogP contribution >= 0.6 is 0 Å². The summed E-state index contributed by atoms with van der Waals surface area (Å²) in [4.78, 5) is 2.48. The van der Waals surface area contributed by atoms with Gasteiger partial charge in [-0.2, -0.15) is 0 Å². The first-order valence-electron chi connectivity index (χ1n) is 22.5. The van der Waals surface area contributed by atoms with E-state index < -0.39 is 5.41 Å². The van der Waals surface area contributed by atoms with Gasteiger partial charge in [-0.3, -0.25) is 0 Å². The van der Waals surface area contributed by atoms with Crippen molar-refractivity contribution in [1.82, 2.24) is 0 Å². The van der Waals surface area contributed by atoms with Crippen molar-refractivity contribution in [2.24, 2.45) is 0 Å². The zero-order valence-corrected chi connectivity index (χ0v) is 35.4. The first-order valence-corrected chi connectivity index (χ1v) is 22.5. The molecular weight excluding hydrogens is 787 g/mol. The minimum atomic E-state index is -0.440. The Kier molecular flexibility index (Phi) is 7.64. The van der Waals surface area contributed by atoms with Crippen LogP contribution in [-0.2, 0) is 5.41 Å². The summed E-state index contributed by atoms with van der Waals surface area (Å²) in [6.45, 7) is 0. The number of hydrogen-bond acceptors (Lipinski definition) is 2. The summed E-state index contributed by atoms with van der Waals surface area (Å²) in [5, 5.41) is 7.22. The Bertz CT molecular complexity index is 3850. The average Bonchev–Trinajstić information content (AvgIpc) is 4.01. The fraction of sp³-hybridized carbons (Fsp3) is 0.0159. The molecule has 0 amide bonds. The SMILES string of the molecule is c1ccc(-c2cccc3c2oc2ccc(-c4ccc(N(c5ccc6c(ccc7ccccc76)c5)c5cccc6c5-c5ccccc5C65c6ccccc6-c6ccccc65)cc4)cc23)cc1. The van der Waals surface area contributed by atoms with Crippen molar-refractivity contribution in [3.63, 3.8) is 0 Å². The normalized spacial score (nSPS) is 13.0. The molecule has 2 nitrogen and oxygen atoms in total. The molecule has 65 heavy (non-hydrogen) atoms. The van der Waals surface area contributed by atoms with Gasteiger partial charge in [0.25, 0.3) is 0 Å². The van der Waals surface area contributed by atoms with Crippen molar-refractivity contribution in [2.45, 2.75) is 5.41 Å². The largest absolute Gasteiger partial charge is 0.455 e. The van der Waals surface area contributed by atoms with Crippen LogP contribution in [0.4, 0.5) is 17.1 Å². The maximum absolute atomic E-state index is 6.56. The van der Waals surface area contributed by atoms with Gasteiger partial charge in [-0.15, -0.1) is 0 Å². The van der Waals surface area contributed by atoms with E-state index in [4.69, 9.17) is 4.42 Å². The molecular formula is C63H39NO. The molecule has 11 aromatic carbocycles. The standard InChI is InChI=1S/C63H39NO/c1-2-14-41(15-3-1)49-21-12-22-52-54-39-43(32-37-60(54)65-62(49)52)40-30-33-45(34-31-40)64(46-35-36-48-44(38-46)29-28-42-16-4-5-17-47(42)48)59-27-13-26-58-61(59)53-20-8-11-25-57(53)63(58)55-23-9-6-18-50(55)51-19-7-10-24-56(51)63/h1-39H. The van der Waals surface area contributed by atoms with E-state index in [-0.39, 0.29) is 0 Å². The van der Waals surface area contributed by atoms with Gasteiger partial charge in [-0.1, -0.05) is 194 Å². The van der Waals surface area contributed by atoms with Gasteiger partial charge in [-0.05, 0) is 120 Å². The van der Waals surface area contributed by atoms with Gasteiger partial charge in [0.05, 0.1) is 11.1 Å². The van der Waals surface area contributed by atoms with Crippen LogP contribution in [0.25, 0.3) is 88.0 Å². The lowest BCUT2D eigenvalue weighted by Crippen LogP contribution is -2.26. The van der Waals surface area contributed by atoms with E-state index in [0.717, 1.165) is 61.3 Å². The second kappa shape index (κ2) is 13.8. The molecule has 0 unspecified atom stereocenters. The molecule has 2 aliphatic rings. The molecule has 0 N–H and O–H groups in total. The Morgan fingerprint density at radius 1 is 0.323 bits per heavy atom. The summed E-state index contributed by atoms with van der Waals surface area (Å²) in [7, 11) is 0. The molecule has 0 aliphatic heterocycles. The van der Waals surface area contributed by atoms with Crippen LogP contribution in [0.15, 0.2) is 241 Å². The third-order valence-corrected chi connectivity index (χ3v) is 14.3. The number of para-hydroxylation sites is 1. The first kappa shape index (κ1) is 36.1. The van der Waals surface area contributed by atoms with E-state index in [1.54, 1.807) is 0 Å². The number of nitrogens with zero attached hydrogens (tertiary/aromatic N) is 1. The molecule has 1 heterocycles. The zero-order valence-electron chi connectivity index (χ0n) is 35.4. The summed E-state index contributed by atoms with van der Waals surface area (Å²) in [6.07, 6.45) is 0. The maximum Gasteiger partial charge on any atom is 0.143 e. The summed E-state index contributed by atoms with van der Waals surface area (Å²) >= 11 is 0. The highest BCUT2D eigenvalue weighted by molar-refractivity contribution is 6.11. The van der Waals surface area contributed by atoms with E-state index in [1.165, 1.54) is 66.1 Å². The Morgan fingerprint density at radius 2 is 0.908 bits per heavy atom. The van der Waals surface area contributed by atoms with E-state index in [2.05, 4.69) is 241 Å². The molecule has 14 rings (SSSR count). The van der Waals surface area contributed by atoms with Crippen molar-refractivity contribution in [1.29, 1.82) is 0 Å². The quantitative estimate of drug-likeness (QED) is 0.161. The number of anilines is 3. The van der Waals surface area contributed by atoms with Crippen LogP contribution in [-0.4, -0.2) is 0 Å². The summed E-state index contributed by atoms with van der Waals surface area (Å²) in [5.41, 5.74) is 19.8. The number of furan rings is 1. The molecule has 0 atom stereocenters. The fourth-order valence-electron chi connectivity index (χ4n) is 11.5. The van der Waals surface area contributed by atoms with Crippen molar-refractivity contribution >= 4 is 60.5 Å². The van der Waals surface area contributed by atoms with Crippen molar-refractivity contribution in [2.75, 3.05) is 4.90 Å². The zero-order chi connectivity index (χ0) is 42.6. The van der Waals surface area contributed by atoms with Crippen LogP contribution in [0.5, 0.6) is 0 Å². The second-order valence-corrected chi connectivity index (χ2v) is 17.5. The molecule has 0 bridgehead atoms. The van der Waals surface area contributed by atoms with Gasteiger partial charge >= 0.3 is 0 Å². The second-order valence-electron chi connectivity index (χ2n) is 17.5. The number of rotatable bonds is 5. The molecule has 302 valence electrons. The highest BCUT2D eigenvalue weighted by Gasteiger charge is 2.52. The topological polar surface area (TPSA) is 16.4 Å². The van der Waals surface area contributed by atoms with Crippen molar-refractivity contribution < 1.29 is 4.42 Å². The van der Waals surface area contributed by atoms with Gasteiger partial charge in [0, 0.05) is 33.3 Å². The Morgan fingerprint density at radius 3 is 1.71 bits per heavy atom. The molecule has 0 radical (unpaired) electrons. The molecule has 1 aromatic heterocycles. The number of benzene rings is 11. The molecule has 2 aliphatic carbocycles. The van der Waals surface area contributed by atoms with Crippen molar-refractivity contribution in [3.8, 4) is 44.5 Å².